The van der Waals surface area contributed by atoms with Gasteiger partial charge >= 0.3 is 0 Å². The molecule has 0 amide bonds. The van der Waals surface area contributed by atoms with Gasteiger partial charge in [0.25, 0.3) is 6.43 Å². The van der Waals surface area contributed by atoms with Crippen LogP contribution in [-0.2, 0) is 0 Å². The molecule has 9 heteroatoms. The molecular formula is C8H3Cl2F2N5. The first-order chi connectivity index (χ1) is 8.06. The van der Waals surface area contributed by atoms with Crippen LogP contribution in [0.2, 0.25) is 10.6 Å². The van der Waals surface area contributed by atoms with Crippen LogP contribution in [0.15, 0.2) is 12.4 Å². The van der Waals surface area contributed by atoms with E-state index in [4.69, 9.17) is 23.2 Å². The molecule has 2 aromatic rings. The lowest BCUT2D eigenvalue weighted by molar-refractivity contribution is 0.145. The summed E-state index contributed by atoms with van der Waals surface area (Å²) in [7, 11) is 0. The molecule has 0 radical (unpaired) electrons. The molecule has 0 atom stereocenters. The normalized spacial score (nSPS) is 10.9. The summed E-state index contributed by atoms with van der Waals surface area (Å²) in [6.07, 6.45) is -0.540. The van der Waals surface area contributed by atoms with E-state index in [1.165, 1.54) is 6.20 Å². The van der Waals surface area contributed by atoms with E-state index in [1.54, 1.807) is 0 Å². The Morgan fingerprint density at radius 2 is 1.59 bits per heavy atom. The average molecular weight is 278 g/mol. The summed E-state index contributed by atoms with van der Waals surface area (Å²) in [6.45, 7) is 0. The largest absolute Gasteiger partial charge is 0.281 e. The van der Waals surface area contributed by atoms with Crippen molar-refractivity contribution in [3.8, 4) is 11.5 Å². The van der Waals surface area contributed by atoms with Crippen molar-refractivity contribution in [1.29, 1.82) is 0 Å². The molecule has 0 unspecified atom stereocenters. The van der Waals surface area contributed by atoms with Crippen molar-refractivity contribution in [2.75, 3.05) is 0 Å². The summed E-state index contributed by atoms with van der Waals surface area (Å²) < 4.78 is 24.8. The van der Waals surface area contributed by atoms with Crippen LogP contribution in [0.25, 0.3) is 11.5 Å². The van der Waals surface area contributed by atoms with Gasteiger partial charge in [-0.25, -0.2) is 13.8 Å². The predicted octanol–water partition coefficient (Wildman–Crippen LogP) is 2.57. The van der Waals surface area contributed by atoms with Crippen LogP contribution >= 0.6 is 23.2 Å². The smallest absolute Gasteiger partial charge is 0.260 e. The molecule has 0 aromatic carbocycles. The van der Waals surface area contributed by atoms with Crippen molar-refractivity contribution in [2.24, 2.45) is 0 Å². The Labute approximate surface area is 104 Å². The van der Waals surface area contributed by atoms with Crippen LogP contribution in [0.5, 0.6) is 0 Å². The second kappa shape index (κ2) is 4.80. The Kier molecular flexibility index (Phi) is 3.39. The zero-order chi connectivity index (χ0) is 12.4. The molecule has 0 saturated heterocycles. The number of hydrogen-bond acceptors (Lipinski definition) is 5. The molecule has 2 heterocycles. The van der Waals surface area contributed by atoms with Crippen molar-refractivity contribution in [3.63, 3.8) is 0 Å². The van der Waals surface area contributed by atoms with Crippen molar-refractivity contribution < 1.29 is 8.78 Å². The van der Waals surface area contributed by atoms with Crippen LogP contribution in [0.1, 0.15) is 12.1 Å². The maximum absolute atomic E-state index is 12.4. The minimum absolute atomic E-state index is 0.00926. The van der Waals surface area contributed by atoms with Gasteiger partial charge in [0.1, 0.15) is 11.4 Å². The van der Waals surface area contributed by atoms with Crippen LogP contribution in [0, 0.1) is 0 Å². The van der Waals surface area contributed by atoms with E-state index in [2.05, 4.69) is 24.9 Å². The van der Waals surface area contributed by atoms with Crippen LogP contribution in [-0.4, -0.2) is 24.9 Å². The van der Waals surface area contributed by atoms with Gasteiger partial charge in [-0.2, -0.15) is 15.0 Å². The second-order valence-electron chi connectivity index (χ2n) is 2.83. The quantitative estimate of drug-likeness (QED) is 0.844. The van der Waals surface area contributed by atoms with Gasteiger partial charge in [0.15, 0.2) is 5.82 Å². The molecule has 0 fully saturated rings. The first-order valence-corrected chi connectivity index (χ1v) is 4.99. The number of alkyl halides is 2. The summed E-state index contributed by atoms with van der Waals surface area (Å²) >= 11 is 11.1. The molecule has 2 rings (SSSR count). The van der Waals surface area contributed by atoms with Gasteiger partial charge < -0.3 is 0 Å². The molecule has 0 bridgehead atoms. The highest BCUT2D eigenvalue weighted by molar-refractivity contribution is 6.31. The Morgan fingerprint density at radius 1 is 0.941 bits per heavy atom. The maximum atomic E-state index is 12.4. The fourth-order valence-electron chi connectivity index (χ4n) is 1.03. The molecule has 0 saturated carbocycles. The van der Waals surface area contributed by atoms with E-state index in [1.807, 2.05) is 0 Å². The SMILES string of the molecule is FC(F)c1cncc(-c2nc(Cl)nc(Cl)n2)n1. The fourth-order valence-corrected chi connectivity index (χ4v) is 1.40. The number of hydrogen-bond donors (Lipinski definition) is 0. The molecule has 0 aliphatic heterocycles. The topological polar surface area (TPSA) is 64.5 Å². The van der Waals surface area contributed by atoms with Gasteiger partial charge in [-0.1, -0.05) is 0 Å². The highest BCUT2D eigenvalue weighted by Crippen LogP contribution is 2.19. The molecule has 0 N–H and O–H groups in total. The predicted molar refractivity (Wildman–Crippen MR) is 55.8 cm³/mol. The standard InChI is InChI=1S/C8H3Cl2F2N5/c9-7-15-6(16-8(10)17-7)4-2-13-1-3(14-4)5(11)12/h1-2,5H. The van der Waals surface area contributed by atoms with Crippen molar-refractivity contribution >= 4 is 23.2 Å². The Bertz CT molecular complexity index is 531. The third-order valence-corrected chi connectivity index (χ3v) is 2.02. The molecule has 17 heavy (non-hydrogen) atoms. The van der Waals surface area contributed by atoms with E-state index in [0.717, 1.165) is 6.20 Å². The van der Waals surface area contributed by atoms with Gasteiger partial charge in [0.05, 0.1) is 12.4 Å². The number of aromatic nitrogens is 5. The van der Waals surface area contributed by atoms with Crippen LogP contribution < -0.4 is 0 Å². The summed E-state index contributed by atoms with van der Waals surface area (Å²) in [5.41, 5.74) is -0.427. The summed E-state index contributed by atoms with van der Waals surface area (Å²) in [6, 6.07) is 0. The molecule has 0 spiro atoms. The van der Waals surface area contributed by atoms with Crippen molar-refractivity contribution in [3.05, 3.63) is 28.7 Å². The first-order valence-electron chi connectivity index (χ1n) is 4.24. The van der Waals surface area contributed by atoms with E-state index in [9.17, 15) is 8.78 Å². The third-order valence-electron chi connectivity index (χ3n) is 1.69. The lowest BCUT2D eigenvalue weighted by atomic mass is 10.4. The Morgan fingerprint density at radius 3 is 2.18 bits per heavy atom. The Hall–Kier alpha value is -1.47. The summed E-state index contributed by atoms with van der Waals surface area (Å²) in [5.74, 6) is -0.00926. The Balaban J connectivity index is 2.49. The first kappa shape index (κ1) is 12.0. The fraction of sp³-hybridized carbons (Fsp3) is 0.125. The molecule has 0 aliphatic rings. The molecule has 0 aliphatic carbocycles. The molecule has 2 aromatic heterocycles. The monoisotopic (exact) mass is 277 g/mol. The maximum Gasteiger partial charge on any atom is 0.281 e. The van der Waals surface area contributed by atoms with Gasteiger partial charge in [-0.3, -0.25) is 4.98 Å². The molecule has 88 valence electrons. The number of nitrogens with zero attached hydrogens (tertiary/aromatic N) is 5. The molecular weight excluding hydrogens is 275 g/mol. The lowest BCUT2D eigenvalue weighted by Gasteiger charge is -2.02. The van der Waals surface area contributed by atoms with E-state index in [-0.39, 0.29) is 22.1 Å². The minimum Gasteiger partial charge on any atom is -0.260 e. The summed E-state index contributed by atoms with van der Waals surface area (Å²) in [4.78, 5) is 18.2. The van der Waals surface area contributed by atoms with Crippen molar-refractivity contribution in [1.82, 2.24) is 24.9 Å². The zero-order valence-corrected chi connectivity index (χ0v) is 9.49. The van der Waals surface area contributed by atoms with Crippen LogP contribution in [0.4, 0.5) is 8.78 Å². The molecule has 5 nitrogen and oxygen atoms in total. The zero-order valence-electron chi connectivity index (χ0n) is 7.98. The average Bonchev–Trinajstić information content (AvgIpc) is 2.28. The number of halogens is 4. The van der Waals surface area contributed by atoms with E-state index in [0.29, 0.717) is 0 Å². The summed E-state index contributed by atoms with van der Waals surface area (Å²) in [5, 5.41) is -0.298. The number of rotatable bonds is 2. The highest BCUT2D eigenvalue weighted by Gasteiger charge is 2.13. The second-order valence-corrected chi connectivity index (χ2v) is 3.50. The highest BCUT2D eigenvalue weighted by atomic mass is 35.5. The van der Waals surface area contributed by atoms with E-state index < -0.39 is 12.1 Å². The lowest BCUT2D eigenvalue weighted by Crippen LogP contribution is -1.99. The van der Waals surface area contributed by atoms with Gasteiger partial charge in [0.2, 0.25) is 10.6 Å². The van der Waals surface area contributed by atoms with Crippen molar-refractivity contribution in [2.45, 2.75) is 6.43 Å². The van der Waals surface area contributed by atoms with E-state index >= 15 is 0 Å². The third kappa shape index (κ3) is 2.80. The van der Waals surface area contributed by atoms with Gasteiger partial charge in [-0.05, 0) is 23.2 Å². The van der Waals surface area contributed by atoms with Gasteiger partial charge in [0, 0.05) is 0 Å². The van der Waals surface area contributed by atoms with Gasteiger partial charge in [-0.15, -0.1) is 0 Å². The van der Waals surface area contributed by atoms with Crippen LogP contribution in [0.3, 0.4) is 0 Å². The minimum atomic E-state index is -2.73.